The summed E-state index contributed by atoms with van der Waals surface area (Å²) in [6, 6.07) is 3.78. The molecule has 0 unspecified atom stereocenters. The summed E-state index contributed by atoms with van der Waals surface area (Å²) in [5.41, 5.74) is 0.843. The van der Waals surface area contributed by atoms with E-state index in [-0.39, 0.29) is 0 Å². The number of pyridine rings is 1. The summed E-state index contributed by atoms with van der Waals surface area (Å²) < 4.78 is 6.05. The third kappa shape index (κ3) is 2.48. The summed E-state index contributed by atoms with van der Waals surface area (Å²) in [5, 5.41) is 0. The Hall–Kier alpha value is -0.0300. The van der Waals surface area contributed by atoms with Crippen molar-refractivity contribution >= 4 is 34.2 Å². The molecule has 11 heavy (non-hydrogen) atoms. The lowest BCUT2D eigenvalue weighted by Crippen LogP contribution is -1.92. The van der Waals surface area contributed by atoms with Gasteiger partial charge in [0.05, 0.1) is 18.7 Å². The molecule has 60 valence electrons. The van der Waals surface area contributed by atoms with Gasteiger partial charge in [-0.3, -0.25) is 0 Å². The van der Waals surface area contributed by atoms with E-state index in [1.165, 1.54) is 0 Å². The van der Waals surface area contributed by atoms with Gasteiger partial charge in [0.25, 0.3) is 0 Å². The van der Waals surface area contributed by atoms with Gasteiger partial charge in [0.1, 0.15) is 0 Å². The van der Waals surface area contributed by atoms with Crippen molar-refractivity contribution in [3.63, 3.8) is 0 Å². The van der Waals surface area contributed by atoms with Gasteiger partial charge in [0.2, 0.25) is 5.88 Å². The minimum atomic E-state index is 0.424. The Labute approximate surface area is 84.1 Å². The van der Waals surface area contributed by atoms with Crippen LogP contribution in [0.5, 0.6) is 5.88 Å². The van der Waals surface area contributed by atoms with E-state index >= 15 is 0 Å². The molecule has 0 aliphatic rings. The molecule has 0 aromatic carbocycles. The zero-order valence-electron chi connectivity index (χ0n) is 5.97. The third-order valence-corrected chi connectivity index (χ3v) is 2.06. The zero-order valence-corrected chi connectivity index (χ0v) is 8.89. The molecule has 0 amide bonds. The molecule has 2 nitrogen and oxygen atoms in total. The maximum absolute atomic E-state index is 5.61. The lowest BCUT2D eigenvalue weighted by molar-refractivity contribution is 0.396. The fraction of sp³-hybridized carbons (Fsp3) is 0.286. The number of alkyl halides is 1. The maximum atomic E-state index is 5.61. The number of hydrogen-bond acceptors (Lipinski definition) is 2. The van der Waals surface area contributed by atoms with Gasteiger partial charge in [0, 0.05) is 9.64 Å². The van der Waals surface area contributed by atoms with Crippen LogP contribution in [0.15, 0.2) is 12.1 Å². The van der Waals surface area contributed by atoms with E-state index in [1.807, 2.05) is 12.1 Å². The lowest BCUT2D eigenvalue weighted by Gasteiger charge is -2.01. The molecule has 1 aromatic rings. The SMILES string of the molecule is COc1cc(I)cc(CCl)n1. The maximum Gasteiger partial charge on any atom is 0.214 e. The van der Waals surface area contributed by atoms with Crippen molar-refractivity contribution in [2.24, 2.45) is 0 Å². The van der Waals surface area contributed by atoms with Crippen molar-refractivity contribution in [2.75, 3.05) is 7.11 Å². The summed E-state index contributed by atoms with van der Waals surface area (Å²) in [5.74, 6) is 1.04. The van der Waals surface area contributed by atoms with E-state index in [0.29, 0.717) is 11.8 Å². The van der Waals surface area contributed by atoms with E-state index in [4.69, 9.17) is 16.3 Å². The molecule has 0 spiro atoms. The Morgan fingerprint density at radius 2 is 2.36 bits per heavy atom. The highest BCUT2D eigenvalue weighted by Gasteiger charge is 1.98. The van der Waals surface area contributed by atoms with Crippen molar-refractivity contribution in [3.05, 3.63) is 21.4 Å². The van der Waals surface area contributed by atoms with E-state index < -0.39 is 0 Å². The molecule has 1 rings (SSSR count). The Balaban J connectivity index is 3.02. The van der Waals surface area contributed by atoms with Crippen molar-refractivity contribution in [1.82, 2.24) is 4.98 Å². The van der Waals surface area contributed by atoms with E-state index in [9.17, 15) is 0 Å². The average Bonchev–Trinajstić information content (AvgIpc) is 2.03. The van der Waals surface area contributed by atoms with E-state index in [2.05, 4.69) is 27.6 Å². The van der Waals surface area contributed by atoms with Crippen molar-refractivity contribution in [3.8, 4) is 5.88 Å². The van der Waals surface area contributed by atoms with Crippen LogP contribution >= 0.6 is 34.2 Å². The molecule has 0 saturated carbocycles. The molecule has 0 aliphatic heterocycles. The fourth-order valence-corrected chi connectivity index (χ4v) is 1.46. The largest absolute Gasteiger partial charge is 0.481 e. The van der Waals surface area contributed by atoms with Crippen LogP contribution in [-0.2, 0) is 5.88 Å². The van der Waals surface area contributed by atoms with Crippen LogP contribution in [0.25, 0.3) is 0 Å². The molecule has 0 fully saturated rings. The molecule has 0 radical (unpaired) electrons. The first kappa shape index (κ1) is 9.06. The Morgan fingerprint density at radius 1 is 1.64 bits per heavy atom. The molecule has 1 aromatic heterocycles. The Kier molecular flexibility index (Phi) is 3.39. The number of rotatable bonds is 2. The van der Waals surface area contributed by atoms with Gasteiger partial charge in [-0.15, -0.1) is 11.6 Å². The molecule has 0 N–H and O–H groups in total. The fourth-order valence-electron chi connectivity index (χ4n) is 0.698. The Morgan fingerprint density at radius 3 is 2.91 bits per heavy atom. The first-order valence-corrected chi connectivity index (χ1v) is 4.64. The standard InChI is InChI=1S/C7H7ClINO/c1-11-7-3-5(9)2-6(4-8)10-7/h2-3H,4H2,1H3. The quantitative estimate of drug-likeness (QED) is 0.614. The molecule has 1 heterocycles. The van der Waals surface area contributed by atoms with Crippen LogP contribution in [0.2, 0.25) is 0 Å². The van der Waals surface area contributed by atoms with E-state index in [1.54, 1.807) is 7.11 Å². The third-order valence-electron chi connectivity index (χ3n) is 1.17. The van der Waals surface area contributed by atoms with Crippen molar-refractivity contribution < 1.29 is 4.74 Å². The highest BCUT2D eigenvalue weighted by Crippen LogP contribution is 2.14. The summed E-state index contributed by atoms with van der Waals surface area (Å²) in [6.07, 6.45) is 0. The highest BCUT2D eigenvalue weighted by molar-refractivity contribution is 14.1. The van der Waals surface area contributed by atoms with Gasteiger partial charge in [-0.05, 0) is 28.7 Å². The summed E-state index contributed by atoms with van der Waals surface area (Å²) in [6.45, 7) is 0. The number of nitrogens with zero attached hydrogens (tertiary/aromatic N) is 1. The topological polar surface area (TPSA) is 22.1 Å². The first-order chi connectivity index (χ1) is 5.26. The van der Waals surface area contributed by atoms with Crippen molar-refractivity contribution in [1.29, 1.82) is 0 Å². The normalized spacial score (nSPS) is 9.73. The van der Waals surface area contributed by atoms with Gasteiger partial charge in [-0.1, -0.05) is 0 Å². The number of halogens is 2. The highest BCUT2D eigenvalue weighted by atomic mass is 127. The zero-order chi connectivity index (χ0) is 8.27. The number of methoxy groups -OCH3 is 1. The van der Waals surface area contributed by atoms with Crippen molar-refractivity contribution in [2.45, 2.75) is 5.88 Å². The van der Waals surface area contributed by atoms with Gasteiger partial charge < -0.3 is 4.74 Å². The molecular weight excluding hydrogens is 276 g/mol. The number of hydrogen-bond donors (Lipinski definition) is 0. The summed E-state index contributed by atoms with van der Waals surface area (Å²) in [4.78, 5) is 4.11. The second kappa shape index (κ2) is 4.11. The predicted molar refractivity (Wildman–Crippen MR) is 53.1 cm³/mol. The van der Waals surface area contributed by atoms with E-state index in [0.717, 1.165) is 9.26 Å². The predicted octanol–water partition coefficient (Wildman–Crippen LogP) is 2.43. The minimum absolute atomic E-state index is 0.424. The van der Waals surface area contributed by atoms with Gasteiger partial charge in [-0.2, -0.15) is 0 Å². The van der Waals surface area contributed by atoms with Crippen LogP contribution in [0.4, 0.5) is 0 Å². The smallest absolute Gasteiger partial charge is 0.214 e. The van der Waals surface area contributed by atoms with Gasteiger partial charge in [-0.25, -0.2) is 4.98 Å². The second-order valence-corrected chi connectivity index (χ2v) is 3.47. The summed E-state index contributed by atoms with van der Waals surface area (Å²) >= 11 is 7.81. The summed E-state index contributed by atoms with van der Waals surface area (Å²) in [7, 11) is 1.59. The monoisotopic (exact) mass is 283 g/mol. The lowest BCUT2D eigenvalue weighted by atomic mass is 10.4. The minimum Gasteiger partial charge on any atom is -0.481 e. The molecule has 0 aliphatic carbocycles. The number of ether oxygens (including phenoxy) is 1. The van der Waals surface area contributed by atoms with Crippen LogP contribution in [0.3, 0.4) is 0 Å². The molecule has 0 bridgehead atoms. The Bertz CT molecular complexity index is 232. The van der Waals surface area contributed by atoms with Crippen LogP contribution < -0.4 is 4.74 Å². The van der Waals surface area contributed by atoms with Crippen LogP contribution in [0.1, 0.15) is 5.69 Å². The van der Waals surface area contributed by atoms with Crippen LogP contribution in [0, 0.1) is 3.57 Å². The first-order valence-electron chi connectivity index (χ1n) is 3.02. The van der Waals surface area contributed by atoms with Crippen LogP contribution in [-0.4, -0.2) is 12.1 Å². The molecule has 4 heteroatoms. The second-order valence-electron chi connectivity index (χ2n) is 1.95. The van der Waals surface area contributed by atoms with Gasteiger partial charge >= 0.3 is 0 Å². The molecule has 0 saturated heterocycles. The average molecular weight is 283 g/mol. The molecule has 0 atom stereocenters. The number of aromatic nitrogens is 1. The van der Waals surface area contributed by atoms with Gasteiger partial charge in [0.15, 0.2) is 0 Å². The molecular formula is C7H7ClINO.